The topological polar surface area (TPSA) is 45.4 Å². The minimum Gasteiger partial charge on any atom is -0.508 e. The number of rotatable bonds is 5. The van der Waals surface area contributed by atoms with Crippen LogP contribution in [-0.2, 0) is 6.42 Å². The van der Waals surface area contributed by atoms with E-state index in [1.165, 1.54) is 0 Å². The van der Waals surface area contributed by atoms with Gasteiger partial charge in [0.05, 0.1) is 6.26 Å². The van der Waals surface area contributed by atoms with Gasteiger partial charge in [0.2, 0.25) is 0 Å². The predicted molar refractivity (Wildman–Crippen MR) is 76.3 cm³/mol. The zero-order valence-corrected chi connectivity index (χ0v) is 11.7. The molecule has 102 valence electrons. The molecule has 0 aliphatic heterocycles. The molecule has 1 heterocycles. The molecule has 3 nitrogen and oxygen atoms in total. The first kappa shape index (κ1) is 13.7. The average molecular weight is 259 g/mol. The second kappa shape index (κ2) is 5.93. The molecule has 2 N–H and O–H groups in total. The fraction of sp³-hybridized carbons (Fsp3) is 0.375. The van der Waals surface area contributed by atoms with Gasteiger partial charge in [0.15, 0.2) is 0 Å². The number of hydrogen-bond donors (Lipinski definition) is 2. The number of hydrogen-bond acceptors (Lipinski definition) is 3. The molecule has 2 aromatic rings. The minimum atomic E-state index is 0.102. The molecule has 2 atom stereocenters. The maximum atomic E-state index is 9.92. The van der Waals surface area contributed by atoms with E-state index in [2.05, 4.69) is 19.2 Å². The Bertz CT molecular complexity index is 520. The van der Waals surface area contributed by atoms with E-state index < -0.39 is 0 Å². The van der Waals surface area contributed by atoms with Crippen LogP contribution in [0.1, 0.15) is 36.8 Å². The molecule has 0 bridgehead atoms. The first-order valence-corrected chi connectivity index (χ1v) is 6.64. The van der Waals surface area contributed by atoms with Crippen molar-refractivity contribution in [3.8, 4) is 5.75 Å². The Hall–Kier alpha value is -1.74. The fourth-order valence-electron chi connectivity index (χ4n) is 2.33. The highest BCUT2D eigenvalue weighted by Gasteiger charge is 2.14. The molecule has 1 aromatic heterocycles. The largest absolute Gasteiger partial charge is 0.508 e. The first-order valence-electron chi connectivity index (χ1n) is 6.64. The van der Waals surface area contributed by atoms with Gasteiger partial charge >= 0.3 is 0 Å². The lowest BCUT2D eigenvalue weighted by Crippen LogP contribution is -2.30. The Morgan fingerprint density at radius 1 is 1.26 bits per heavy atom. The third-order valence-electron chi connectivity index (χ3n) is 3.27. The molecule has 0 fully saturated rings. The number of benzene rings is 1. The van der Waals surface area contributed by atoms with E-state index in [1.54, 1.807) is 12.3 Å². The third-order valence-corrected chi connectivity index (χ3v) is 3.27. The van der Waals surface area contributed by atoms with Crippen LogP contribution in [0.5, 0.6) is 5.75 Å². The SMILES string of the molecule is Cc1ccc(O)c(C(C)NC(C)Cc2ccco2)c1. The van der Waals surface area contributed by atoms with Crippen LogP contribution >= 0.6 is 0 Å². The molecular weight excluding hydrogens is 238 g/mol. The molecule has 1 aromatic carbocycles. The molecule has 0 amide bonds. The van der Waals surface area contributed by atoms with Gasteiger partial charge in [-0.15, -0.1) is 0 Å². The van der Waals surface area contributed by atoms with Crippen molar-refractivity contribution in [3.63, 3.8) is 0 Å². The Kier molecular flexibility index (Phi) is 4.27. The number of aryl methyl sites for hydroxylation is 1. The van der Waals surface area contributed by atoms with Gasteiger partial charge in [0.1, 0.15) is 11.5 Å². The van der Waals surface area contributed by atoms with Gasteiger partial charge in [-0.25, -0.2) is 0 Å². The summed E-state index contributed by atoms with van der Waals surface area (Å²) >= 11 is 0. The highest BCUT2D eigenvalue weighted by molar-refractivity contribution is 5.37. The van der Waals surface area contributed by atoms with Crippen molar-refractivity contribution in [3.05, 3.63) is 53.5 Å². The van der Waals surface area contributed by atoms with Crippen LogP contribution in [0.15, 0.2) is 41.0 Å². The van der Waals surface area contributed by atoms with E-state index in [9.17, 15) is 5.11 Å². The molecule has 0 radical (unpaired) electrons. The minimum absolute atomic E-state index is 0.102. The molecule has 0 spiro atoms. The summed E-state index contributed by atoms with van der Waals surface area (Å²) in [6.45, 7) is 6.21. The summed E-state index contributed by atoms with van der Waals surface area (Å²) in [7, 11) is 0. The molecule has 0 aliphatic rings. The fourth-order valence-corrected chi connectivity index (χ4v) is 2.33. The summed E-state index contributed by atoms with van der Waals surface area (Å²) in [6.07, 6.45) is 2.53. The van der Waals surface area contributed by atoms with Crippen molar-refractivity contribution in [1.82, 2.24) is 5.32 Å². The van der Waals surface area contributed by atoms with Gasteiger partial charge in [-0.2, -0.15) is 0 Å². The van der Waals surface area contributed by atoms with Gasteiger partial charge in [0, 0.05) is 24.1 Å². The molecule has 0 saturated heterocycles. The molecule has 0 saturated carbocycles. The normalized spacial score (nSPS) is 14.3. The molecular formula is C16H21NO2. The zero-order chi connectivity index (χ0) is 13.8. The van der Waals surface area contributed by atoms with Gasteiger partial charge < -0.3 is 14.8 Å². The van der Waals surface area contributed by atoms with Crippen molar-refractivity contribution in [1.29, 1.82) is 0 Å². The second-order valence-electron chi connectivity index (χ2n) is 5.14. The number of furan rings is 1. The van der Waals surface area contributed by atoms with Crippen molar-refractivity contribution >= 4 is 0 Å². The van der Waals surface area contributed by atoms with Gasteiger partial charge in [0.25, 0.3) is 0 Å². The lowest BCUT2D eigenvalue weighted by molar-refractivity contribution is 0.413. The summed E-state index contributed by atoms with van der Waals surface area (Å²) in [5, 5.41) is 13.4. The Morgan fingerprint density at radius 2 is 2.05 bits per heavy atom. The summed E-state index contributed by atoms with van der Waals surface area (Å²) in [5.41, 5.74) is 2.09. The van der Waals surface area contributed by atoms with Gasteiger partial charge in [-0.1, -0.05) is 17.7 Å². The lowest BCUT2D eigenvalue weighted by Gasteiger charge is -2.21. The Labute approximate surface area is 114 Å². The van der Waals surface area contributed by atoms with Crippen molar-refractivity contribution in [2.24, 2.45) is 0 Å². The summed E-state index contributed by atoms with van der Waals surface area (Å²) < 4.78 is 5.34. The summed E-state index contributed by atoms with van der Waals surface area (Å²) in [5.74, 6) is 1.32. The molecule has 0 aliphatic carbocycles. The van der Waals surface area contributed by atoms with Crippen LogP contribution in [0.4, 0.5) is 0 Å². The second-order valence-corrected chi connectivity index (χ2v) is 5.14. The van der Waals surface area contributed by atoms with Gasteiger partial charge in [-0.05, 0) is 39.0 Å². The van der Waals surface area contributed by atoms with Crippen LogP contribution in [0, 0.1) is 6.92 Å². The van der Waals surface area contributed by atoms with Crippen LogP contribution in [0.25, 0.3) is 0 Å². The highest BCUT2D eigenvalue weighted by Crippen LogP contribution is 2.25. The number of nitrogens with one attached hydrogen (secondary N) is 1. The number of phenols is 1. The van der Waals surface area contributed by atoms with E-state index in [-0.39, 0.29) is 12.1 Å². The van der Waals surface area contributed by atoms with E-state index in [0.717, 1.165) is 23.3 Å². The predicted octanol–water partition coefficient (Wildman–Crippen LogP) is 3.58. The molecule has 3 heteroatoms. The molecule has 2 unspecified atom stereocenters. The van der Waals surface area contributed by atoms with Crippen molar-refractivity contribution in [2.75, 3.05) is 0 Å². The highest BCUT2D eigenvalue weighted by atomic mass is 16.3. The quantitative estimate of drug-likeness (QED) is 0.862. The van der Waals surface area contributed by atoms with Gasteiger partial charge in [-0.3, -0.25) is 0 Å². The molecule has 2 rings (SSSR count). The lowest BCUT2D eigenvalue weighted by atomic mass is 10.0. The summed E-state index contributed by atoms with van der Waals surface area (Å²) in [4.78, 5) is 0. The average Bonchev–Trinajstić information content (AvgIpc) is 2.84. The van der Waals surface area contributed by atoms with E-state index >= 15 is 0 Å². The van der Waals surface area contributed by atoms with Crippen LogP contribution < -0.4 is 5.32 Å². The van der Waals surface area contributed by atoms with Crippen LogP contribution in [-0.4, -0.2) is 11.1 Å². The smallest absolute Gasteiger partial charge is 0.120 e. The summed E-state index contributed by atoms with van der Waals surface area (Å²) in [6, 6.07) is 9.95. The Morgan fingerprint density at radius 3 is 2.74 bits per heavy atom. The van der Waals surface area contributed by atoms with E-state index in [4.69, 9.17) is 4.42 Å². The monoisotopic (exact) mass is 259 g/mol. The Balaban J connectivity index is 2.00. The number of phenolic OH excluding ortho intramolecular Hbond substituents is 1. The zero-order valence-electron chi connectivity index (χ0n) is 11.7. The van der Waals surface area contributed by atoms with E-state index in [1.807, 2.05) is 31.2 Å². The molecule has 19 heavy (non-hydrogen) atoms. The first-order chi connectivity index (χ1) is 9.06. The maximum absolute atomic E-state index is 9.92. The van der Waals surface area contributed by atoms with E-state index in [0.29, 0.717) is 5.75 Å². The van der Waals surface area contributed by atoms with Crippen molar-refractivity contribution in [2.45, 2.75) is 39.3 Å². The third kappa shape index (κ3) is 3.61. The maximum Gasteiger partial charge on any atom is 0.120 e. The van der Waals surface area contributed by atoms with Crippen LogP contribution in [0.3, 0.4) is 0 Å². The number of aromatic hydroxyl groups is 1. The van der Waals surface area contributed by atoms with Crippen LogP contribution in [0.2, 0.25) is 0 Å². The van der Waals surface area contributed by atoms with Crippen molar-refractivity contribution < 1.29 is 9.52 Å². The standard InChI is InChI=1S/C16H21NO2/c1-11-6-7-16(18)15(9-11)13(3)17-12(2)10-14-5-4-8-19-14/h4-9,12-13,17-18H,10H2,1-3H3.